The molecule has 132 valence electrons. The molecule has 1 aromatic carbocycles. The molecule has 9 heteroatoms. The molecule has 0 N–H and O–H groups in total. The fourth-order valence-electron chi connectivity index (χ4n) is 3.37. The molecule has 2 aliphatic rings. The molecular formula is C17H15ClN6O2. The van der Waals surface area contributed by atoms with Crippen LogP contribution in [0.1, 0.15) is 17.2 Å². The molecule has 0 bridgehead atoms. The minimum atomic E-state index is 0.365. The Bertz CT molecular complexity index is 1040. The molecule has 2 aliphatic heterocycles. The fraction of sp³-hybridized carbons (Fsp3) is 0.294. The van der Waals surface area contributed by atoms with E-state index in [1.165, 1.54) is 0 Å². The number of nitrogens with zero attached hydrogens (tertiary/aromatic N) is 6. The largest absolute Gasteiger partial charge is 0.474 e. The Labute approximate surface area is 154 Å². The number of halogens is 1. The topological polar surface area (TPSA) is 79.3 Å². The smallest absolute Gasteiger partial charge is 0.237 e. The Morgan fingerprint density at radius 1 is 1.31 bits per heavy atom. The van der Waals surface area contributed by atoms with Crippen LogP contribution in [0.3, 0.4) is 0 Å². The van der Waals surface area contributed by atoms with Gasteiger partial charge in [0.15, 0.2) is 11.6 Å². The van der Waals surface area contributed by atoms with Gasteiger partial charge in [0.1, 0.15) is 25.2 Å². The highest BCUT2D eigenvalue weighted by Crippen LogP contribution is 2.34. The van der Waals surface area contributed by atoms with Gasteiger partial charge in [0.25, 0.3) is 0 Å². The van der Waals surface area contributed by atoms with Crippen molar-refractivity contribution in [2.24, 2.45) is 4.99 Å². The maximum Gasteiger partial charge on any atom is 0.237 e. The quantitative estimate of drug-likeness (QED) is 0.551. The van der Waals surface area contributed by atoms with E-state index >= 15 is 0 Å². The third-order valence-electron chi connectivity index (χ3n) is 4.52. The number of benzene rings is 1. The van der Waals surface area contributed by atoms with E-state index in [1.54, 1.807) is 13.4 Å². The average molecular weight is 371 g/mol. The first-order valence-corrected chi connectivity index (χ1v) is 8.59. The van der Waals surface area contributed by atoms with E-state index in [2.05, 4.69) is 20.2 Å². The standard InChI is InChI=1S/C17H15ClN6O2/c1-25-8-14-21-22-16-11-6-10(18)2-3-12(11)24-9-20-15(13(24)7-23(14)16)17-19-4-5-26-17/h2-3,6,9H,4-5,7-8H2,1H3. The Morgan fingerprint density at radius 3 is 3.04 bits per heavy atom. The molecule has 5 rings (SSSR count). The highest BCUT2D eigenvalue weighted by atomic mass is 35.5. The van der Waals surface area contributed by atoms with E-state index in [1.807, 2.05) is 27.3 Å². The van der Waals surface area contributed by atoms with Crippen molar-refractivity contribution in [3.63, 3.8) is 0 Å². The number of fused-ring (bicyclic) bond motifs is 5. The third-order valence-corrected chi connectivity index (χ3v) is 4.76. The number of hydrogen-bond donors (Lipinski definition) is 0. The van der Waals surface area contributed by atoms with E-state index < -0.39 is 0 Å². The van der Waals surface area contributed by atoms with Crippen LogP contribution in [-0.2, 0) is 22.6 Å². The van der Waals surface area contributed by atoms with E-state index in [0.717, 1.165) is 34.3 Å². The van der Waals surface area contributed by atoms with Gasteiger partial charge in [-0.25, -0.2) is 9.98 Å². The Balaban J connectivity index is 1.78. The van der Waals surface area contributed by atoms with Gasteiger partial charge >= 0.3 is 0 Å². The predicted octanol–water partition coefficient (Wildman–Crippen LogP) is 2.07. The maximum atomic E-state index is 6.25. The lowest BCUT2D eigenvalue weighted by Gasteiger charge is -2.09. The summed E-state index contributed by atoms with van der Waals surface area (Å²) in [5, 5.41) is 9.32. The number of methoxy groups -OCH3 is 1. The molecule has 26 heavy (non-hydrogen) atoms. The van der Waals surface area contributed by atoms with Gasteiger partial charge in [-0.1, -0.05) is 11.6 Å². The molecule has 0 unspecified atom stereocenters. The van der Waals surface area contributed by atoms with Crippen LogP contribution in [0.15, 0.2) is 29.5 Å². The van der Waals surface area contributed by atoms with Gasteiger partial charge in [0, 0.05) is 17.7 Å². The summed E-state index contributed by atoms with van der Waals surface area (Å²) in [7, 11) is 1.64. The van der Waals surface area contributed by atoms with E-state index in [-0.39, 0.29) is 0 Å². The van der Waals surface area contributed by atoms with E-state index in [9.17, 15) is 0 Å². The van der Waals surface area contributed by atoms with Gasteiger partial charge in [-0.15, -0.1) is 10.2 Å². The highest BCUT2D eigenvalue weighted by Gasteiger charge is 2.28. The molecule has 0 radical (unpaired) electrons. The summed E-state index contributed by atoms with van der Waals surface area (Å²) < 4.78 is 15.0. The van der Waals surface area contributed by atoms with Gasteiger partial charge in [-0.3, -0.25) is 4.57 Å². The molecule has 8 nitrogen and oxygen atoms in total. The van der Waals surface area contributed by atoms with E-state index in [4.69, 9.17) is 21.1 Å². The zero-order chi connectivity index (χ0) is 17.7. The SMILES string of the molecule is COCc1nnc2n1Cc1c(C3=NCCO3)ncn1-c1ccc(Cl)cc1-2. The summed E-state index contributed by atoms with van der Waals surface area (Å²) in [6.45, 7) is 2.14. The van der Waals surface area contributed by atoms with Gasteiger partial charge in [-0.05, 0) is 18.2 Å². The first-order valence-electron chi connectivity index (χ1n) is 8.21. The van der Waals surface area contributed by atoms with Crippen LogP contribution in [-0.4, -0.2) is 50.5 Å². The molecule has 0 aliphatic carbocycles. The molecule has 3 aromatic rings. The first-order chi connectivity index (χ1) is 12.8. The third kappa shape index (κ3) is 2.26. The summed E-state index contributed by atoms with van der Waals surface area (Å²) >= 11 is 6.25. The zero-order valence-corrected chi connectivity index (χ0v) is 14.8. The lowest BCUT2D eigenvalue weighted by molar-refractivity contribution is 0.174. The number of aromatic nitrogens is 5. The van der Waals surface area contributed by atoms with Crippen molar-refractivity contribution < 1.29 is 9.47 Å². The Hall–Kier alpha value is -2.71. The maximum absolute atomic E-state index is 6.25. The van der Waals surface area contributed by atoms with E-state index in [0.29, 0.717) is 37.2 Å². The monoisotopic (exact) mass is 370 g/mol. The number of hydrogen-bond acceptors (Lipinski definition) is 6. The van der Waals surface area contributed by atoms with Crippen molar-refractivity contribution >= 4 is 17.5 Å². The summed E-state index contributed by atoms with van der Waals surface area (Å²) in [5.41, 5.74) is 3.54. The van der Waals surface area contributed by atoms with Crippen molar-refractivity contribution in [2.45, 2.75) is 13.2 Å². The predicted molar refractivity (Wildman–Crippen MR) is 94.8 cm³/mol. The number of ether oxygens (including phenoxy) is 2. The van der Waals surface area contributed by atoms with Crippen molar-refractivity contribution in [1.29, 1.82) is 0 Å². The van der Waals surface area contributed by atoms with Crippen molar-refractivity contribution in [3.05, 3.63) is 46.8 Å². The van der Waals surface area contributed by atoms with Crippen LogP contribution in [0.25, 0.3) is 17.1 Å². The molecule has 0 amide bonds. The molecule has 2 aromatic heterocycles. The average Bonchev–Trinajstić information content (AvgIpc) is 3.35. The second-order valence-corrected chi connectivity index (χ2v) is 6.50. The summed E-state index contributed by atoms with van der Waals surface area (Å²) in [6.07, 6.45) is 1.79. The second kappa shape index (κ2) is 5.93. The lowest BCUT2D eigenvalue weighted by Crippen LogP contribution is -2.12. The van der Waals surface area contributed by atoms with Crippen LogP contribution in [0.2, 0.25) is 5.02 Å². The number of imidazole rings is 1. The van der Waals surface area contributed by atoms with Crippen LogP contribution in [0, 0.1) is 0 Å². The molecule has 0 saturated heterocycles. The molecule has 0 fully saturated rings. The fourth-order valence-corrected chi connectivity index (χ4v) is 3.55. The van der Waals surface area contributed by atoms with Gasteiger partial charge in [-0.2, -0.15) is 0 Å². The normalized spacial score (nSPS) is 14.9. The Morgan fingerprint density at radius 2 is 2.23 bits per heavy atom. The van der Waals surface area contributed by atoms with Crippen molar-refractivity contribution in [2.75, 3.05) is 20.3 Å². The van der Waals surface area contributed by atoms with Gasteiger partial charge in [0.2, 0.25) is 5.90 Å². The molecule has 0 spiro atoms. The zero-order valence-electron chi connectivity index (χ0n) is 14.0. The molecular weight excluding hydrogens is 356 g/mol. The molecule has 0 atom stereocenters. The lowest BCUT2D eigenvalue weighted by atomic mass is 10.1. The van der Waals surface area contributed by atoms with Crippen LogP contribution >= 0.6 is 11.6 Å². The number of rotatable bonds is 3. The minimum Gasteiger partial charge on any atom is -0.474 e. The summed E-state index contributed by atoms with van der Waals surface area (Å²) in [4.78, 5) is 8.99. The second-order valence-electron chi connectivity index (χ2n) is 6.07. The molecule has 0 saturated carbocycles. The van der Waals surface area contributed by atoms with Crippen LogP contribution < -0.4 is 0 Å². The number of aliphatic imine (C=N–C) groups is 1. The summed E-state index contributed by atoms with van der Waals surface area (Å²) in [5.74, 6) is 2.07. The first kappa shape index (κ1) is 15.5. The van der Waals surface area contributed by atoms with Crippen molar-refractivity contribution in [3.8, 4) is 17.1 Å². The van der Waals surface area contributed by atoms with Gasteiger partial charge < -0.3 is 14.0 Å². The molecule has 4 heterocycles. The van der Waals surface area contributed by atoms with Crippen LogP contribution in [0.5, 0.6) is 0 Å². The highest BCUT2D eigenvalue weighted by molar-refractivity contribution is 6.31. The summed E-state index contributed by atoms with van der Waals surface area (Å²) in [6, 6.07) is 5.71. The van der Waals surface area contributed by atoms with Gasteiger partial charge in [0.05, 0.1) is 24.5 Å². The van der Waals surface area contributed by atoms with Crippen molar-refractivity contribution in [1.82, 2.24) is 24.3 Å². The van der Waals surface area contributed by atoms with Crippen LogP contribution in [0.4, 0.5) is 0 Å². The minimum absolute atomic E-state index is 0.365. The Kier molecular flexibility index (Phi) is 3.54.